The van der Waals surface area contributed by atoms with Crippen molar-refractivity contribution in [2.45, 2.75) is 6.54 Å². The van der Waals surface area contributed by atoms with E-state index < -0.39 is 11.7 Å². The van der Waals surface area contributed by atoms with Crippen LogP contribution in [0.3, 0.4) is 0 Å². The molecule has 0 spiro atoms. The summed E-state index contributed by atoms with van der Waals surface area (Å²) in [6.07, 6.45) is 0. The van der Waals surface area contributed by atoms with Crippen molar-refractivity contribution in [2.24, 2.45) is 4.99 Å². The fraction of sp³-hybridized carbons (Fsp3) is 0.154. The normalized spacial score (nSPS) is 11.8. The van der Waals surface area contributed by atoms with Gasteiger partial charge in [0.2, 0.25) is 0 Å². The summed E-state index contributed by atoms with van der Waals surface area (Å²) in [5, 5.41) is 13.7. The largest absolute Gasteiger partial charge is 0.494 e. The van der Waals surface area contributed by atoms with Crippen LogP contribution in [-0.4, -0.2) is 47.8 Å². The molecule has 0 aliphatic heterocycles. The Morgan fingerprint density at radius 1 is 1.09 bits per heavy atom. The second-order valence-electron chi connectivity index (χ2n) is 8.04. The van der Waals surface area contributed by atoms with Crippen molar-refractivity contribution in [1.29, 1.82) is 0 Å². The van der Waals surface area contributed by atoms with E-state index in [1.54, 1.807) is 0 Å². The maximum absolute atomic E-state index is 14.8. The molecule has 0 aliphatic carbocycles. The first-order chi connectivity index (χ1) is 15.9. The quantitative estimate of drug-likeness (QED) is 0.380. The number of aromatic nitrogens is 1. The van der Waals surface area contributed by atoms with Crippen molar-refractivity contribution in [1.82, 2.24) is 15.2 Å². The van der Waals surface area contributed by atoms with Crippen LogP contribution in [0.25, 0.3) is 10.9 Å². The van der Waals surface area contributed by atoms with Gasteiger partial charge in [0.25, 0.3) is 5.91 Å². The second kappa shape index (κ2) is 9.26. The highest BCUT2D eigenvalue weighted by atomic mass is 19.1. The van der Waals surface area contributed by atoms with E-state index in [0.29, 0.717) is 27.9 Å². The van der Waals surface area contributed by atoms with Crippen molar-refractivity contribution in [3.8, 4) is 5.88 Å². The van der Waals surface area contributed by atoms with Crippen LogP contribution in [0.1, 0.15) is 27.0 Å². The maximum atomic E-state index is 14.8. The molecule has 6 nitrogen and oxygen atoms in total. The van der Waals surface area contributed by atoms with Gasteiger partial charge in [-0.3, -0.25) is 4.79 Å². The first-order valence-electron chi connectivity index (χ1n) is 10.5. The standard InChI is InChI=1S/C26H25FN4O2/c1-28-25(32)19-14-22-20(13-21(19)27)23(26(33)30-22)24(17-7-5-4-6-8-17)29-18-11-9-16(10-12-18)15-31(2)3/h4-14,30,33H,15H2,1-3H3,(H,28,32). The predicted molar refractivity (Wildman–Crippen MR) is 129 cm³/mol. The number of aromatic amines is 1. The molecule has 0 atom stereocenters. The lowest BCUT2D eigenvalue weighted by Gasteiger charge is -2.10. The van der Waals surface area contributed by atoms with Crippen molar-refractivity contribution >= 4 is 28.2 Å². The minimum absolute atomic E-state index is 0.104. The number of rotatable bonds is 6. The number of aromatic hydroxyl groups is 1. The molecular formula is C26H25FN4O2. The van der Waals surface area contributed by atoms with Crippen molar-refractivity contribution < 1.29 is 14.3 Å². The third-order valence-corrected chi connectivity index (χ3v) is 5.30. The first kappa shape index (κ1) is 22.2. The number of carbonyl (C=O) groups excluding carboxylic acids is 1. The van der Waals surface area contributed by atoms with E-state index in [0.717, 1.165) is 17.7 Å². The Morgan fingerprint density at radius 3 is 2.42 bits per heavy atom. The number of halogens is 1. The summed E-state index contributed by atoms with van der Waals surface area (Å²) in [5.74, 6) is -1.37. The van der Waals surface area contributed by atoms with Gasteiger partial charge in [0.05, 0.1) is 22.5 Å². The Balaban J connectivity index is 1.88. The Morgan fingerprint density at radius 2 is 1.79 bits per heavy atom. The van der Waals surface area contributed by atoms with Gasteiger partial charge < -0.3 is 20.3 Å². The molecule has 3 aromatic carbocycles. The second-order valence-corrected chi connectivity index (χ2v) is 8.04. The molecular weight excluding hydrogens is 419 g/mol. The van der Waals surface area contributed by atoms with Gasteiger partial charge in [-0.15, -0.1) is 0 Å². The van der Waals surface area contributed by atoms with Gasteiger partial charge in [-0.25, -0.2) is 9.38 Å². The molecule has 3 N–H and O–H groups in total. The lowest BCUT2D eigenvalue weighted by Crippen LogP contribution is -2.19. The summed E-state index contributed by atoms with van der Waals surface area (Å²) in [6.45, 7) is 0.811. The summed E-state index contributed by atoms with van der Waals surface area (Å²) in [4.78, 5) is 21.8. The number of hydrogen-bond acceptors (Lipinski definition) is 4. The van der Waals surface area contributed by atoms with Crippen LogP contribution >= 0.6 is 0 Å². The number of amides is 1. The van der Waals surface area contributed by atoms with Gasteiger partial charge in [0.15, 0.2) is 5.88 Å². The van der Waals surface area contributed by atoms with Crippen LogP contribution in [0, 0.1) is 5.82 Å². The van der Waals surface area contributed by atoms with Crippen LogP contribution in [0.15, 0.2) is 71.7 Å². The SMILES string of the molecule is CNC(=O)c1cc2[nH]c(O)c(C(=Nc3ccc(CN(C)C)cc3)c3ccccc3)c2cc1F. The van der Waals surface area contributed by atoms with Crippen molar-refractivity contribution in [3.05, 3.63) is 94.8 Å². The summed E-state index contributed by atoms with van der Waals surface area (Å²) >= 11 is 0. The van der Waals surface area contributed by atoms with Crippen LogP contribution < -0.4 is 5.32 Å². The number of hydrogen-bond donors (Lipinski definition) is 3. The van der Waals surface area contributed by atoms with Gasteiger partial charge in [-0.1, -0.05) is 42.5 Å². The third kappa shape index (κ3) is 4.63. The van der Waals surface area contributed by atoms with Crippen molar-refractivity contribution in [3.63, 3.8) is 0 Å². The van der Waals surface area contributed by atoms with Gasteiger partial charge in [-0.2, -0.15) is 0 Å². The Bertz CT molecular complexity index is 1330. The van der Waals surface area contributed by atoms with E-state index in [4.69, 9.17) is 4.99 Å². The lowest BCUT2D eigenvalue weighted by molar-refractivity contribution is 0.0959. The molecule has 0 fully saturated rings. The average molecular weight is 445 g/mol. The molecule has 0 bridgehead atoms. The van der Waals surface area contributed by atoms with Gasteiger partial charge in [0, 0.05) is 30.1 Å². The monoisotopic (exact) mass is 444 g/mol. The molecule has 0 saturated heterocycles. The van der Waals surface area contributed by atoms with E-state index >= 15 is 0 Å². The molecule has 0 aliphatic rings. The van der Waals surface area contributed by atoms with Crippen LogP contribution in [-0.2, 0) is 6.54 Å². The number of H-pyrrole nitrogens is 1. The van der Waals surface area contributed by atoms with E-state index in [-0.39, 0.29) is 11.4 Å². The number of nitrogens with zero attached hydrogens (tertiary/aromatic N) is 2. The highest BCUT2D eigenvalue weighted by Gasteiger charge is 2.22. The Hall–Kier alpha value is -3.97. The molecule has 4 aromatic rings. The van der Waals surface area contributed by atoms with E-state index in [2.05, 4.69) is 15.2 Å². The van der Waals surface area contributed by atoms with Gasteiger partial charge in [-0.05, 0) is 43.9 Å². The minimum atomic E-state index is -0.678. The third-order valence-electron chi connectivity index (χ3n) is 5.30. The summed E-state index contributed by atoms with van der Waals surface area (Å²) in [6, 6.07) is 19.9. The number of fused-ring (bicyclic) bond motifs is 1. The molecule has 0 unspecified atom stereocenters. The van der Waals surface area contributed by atoms with E-state index in [1.165, 1.54) is 19.2 Å². The van der Waals surface area contributed by atoms with Crippen molar-refractivity contribution in [2.75, 3.05) is 21.1 Å². The fourth-order valence-electron chi connectivity index (χ4n) is 3.78. The zero-order valence-electron chi connectivity index (χ0n) is 18.7. The Kier molecular flexibility index (Phi) is 6.24. The maximum Gasteiger partial charge on any atom is 0.254 e. The number of carbonyl (C=O) groups is 1. The molecule has 0 saturated carbocycles. The van der Waals surface area contributed by atoms with Gasteiger partial charge in [0.1, 0.15) is 5.82 Å². The molecule has 4 rings (SSSR count). The zero-order chi connectivity index (χ0) is 23.5. The van der Waals surface area contributed by atoms with E-state index in [9.17, 15) is 14.3 Å². The number of aliphatic imine (C=N–C) groups is 1. The minimum Gasteiger partial charge on any atom is -0.494 e. The van der Waals surface area contributed by atoms with Gasteiger partial charge >= 0.3 is 0 Å². The fourth-order valence-corrected chi connectivity index (χ4v) is 3.78. The highest BCUT2D eigenvalue weighted by molar-refractivity contribution is 6.22. The zero-order valence-corrected chi connectivity index (χ0v) is 18.7. The molecule has 0 radical (unpaired) electrons. The molecule has 7 heteroatoms. The molecule has 1 aromatic heterocycles. The number of nitrogens with one attached hydrogen (secondary N) is 2. The summed E-state index contributed by atoms with van der Waals surface area (Å²) < 4.78 is 14.8. The molecule has 1 heterocycles. The molecule has 168 valence electrons. The summed E-state index contributed by atoms with van der Waals surface area (Å²) in [5.41, 5.74) is 3.82. The number of benzene rings is 3. The molecule has 33 heavy (non-hydrogen) atoms. The highest BCUT2D eigenvalue weighted by Crippen LogP contribution is 2.33. The summed E-state index contributed by atoms with van der Waals surface area (Å²) in [7, 11) is 5.45. The van der Waals surface area contributed by atoms with Crippen LogP contribution in [0.4, 0.5) is 10.1 Å². The lowest BCUT2D eigenvalue weighted by atomic mass is 9.99. The first-order valence-corrected chi connectivity index (χ1v) is 10.5. The van der Waals surface area contributed by atoms with E-state index in [1.807, 2.05) is 68.7 Å². The smallest absolute Gasteiger partial charge is 0.254 e. The molecule has 1 amide bonds. The topological polar surface area (TPSA) is 80.7 Å². The van der Waals surface area contributed by atoms with Crippen LogP contribution in [0.5, 0.6) is 5.88 Å². The Labute approximate surface area is 191 Å². The van der Waals surface area contributed by atoms with Crippen LogP contribution in [0.2, 0.25) is 0 Å². The average Bonchev–Trinajstić information content (AvgIpc) is 3.12. The predicted octanol–water partition coefficient (Wildman–Crippen LogP) is 4.60.